The van der Waals surface area contributed by atoms with Gasteiger partial charge in [-0.05, 0) is 36.4 Å². The fraction of sp³-hybridized carbons (Fsp3) is 0.188. The molecule has 0 unspecified atom stereocenters. The highest BCUT2D eigenvalue weighted by molar-refractivity contribution is 5.70. The zero-order chi connectivity index (χ0) is 15.2. The van der Waals surface area contributed by atoms with Gasteiger partial charge in [-0.1, -0.05) is 6.07 Å². The quantitative estimate of drug-likeness (QED) is 0.497. The molecular formula is C16H19N3O2. The number of hydrogen-bond acceptors (Lipinski definition) is 5. The Morgan fingerprint density at radius 3 is 2.38 bits per heavy atom. The summed E-state index contributed by atoms with van der Waals surface area (Å²) in [6.45, 7) is 1.56. The molecule has 0 fully saturated rings. The number of nitrogens with one attached hydrogen (secondary N) is 2. The molecule has 21 heavy (non-hydrogen) atoms. The van der Waals surface area contributed by atoms with Gasteiger partial charge in [-0.25, -0.2) is 5.48 Å². The topological polar surface area (TPSA) is 57.6 Å². The summed E-state index contributed by atoms with van der Waals surface area (Å²) in [5.41, 5.74) is 4.52. The van der Waals surface area contributed by atoms with E-state index in [0.29, 0.717) is 0 Å². The highest BCUT2D eigenvalue weighted by atomic mass is 16.7. The third kappa shape index (κ3) is 4.42. The van der Waals surface area contributed by atoms with Gasteiger partial charge in [-0.3, -0.25) is 5.41 Å². The summed E-state index contributed by atoms with van der Waals surface area (Å²) in [6, 6.07) is 15.2. The fourth-order valence-electron chi connectivity index (χ4n) is 1.69. The number of nitrogens with zero attached hydrogens (tertiary/aromatic N) is 1. The minimum absolute atomic E-state index is 0.107. The Hall–Kier alpha value is -2.69. The predicted molar refractivity (Wildman–Crippen MR) is 85.4 cm³/mol. The zero-order valence-corrected chi connectivity index (χ0v) is 12.4. The molecule has 0 saturated carbocycles. The third-order valence-corrected chi connectivity index (χ3v) is 2.75. The molecule has 0 bridgehead atoms. The Bertz CT molecular complexity index is 609. The molecule has 0 spiro atoms. The van der Waals surface area contributed by atoms with Crippen molar-refractivity contribution in [2.45, 2.75) is 6.92 Å². The van der Waals surface area contributed by atoms with Gasteiger partial charge in [0.25, 0.3) is 0 Å². The molecule has 0 heterocycles. The average Bonchev–Trinajstić information content (AvgIpc) is 2.47. The highest BCUT2D eigenvalue weighted by Crippen LogP contribution is 2.26. The van der Waals surface area contributed by atoms with E-state index in [2.05, 4.69) is 5.48 Å². The number of anilines is 2. The molecule has 0 atom stereocenters. The Kier molecular flexibility index (Phi) is 4.66. The van der Waals surface area contributed by atoms with E-state index in [1.54, 1.807) is 6.92 Å². The van der Waals surface area contributed by atoms with Crippen LogP contribution in [0.2, 0.25) is 0 Å². The van der Waals surface area contributed by atoms with Crippen molar-refractivity contribution in [1.82, 2.24) is 0 Å². The molecule has 5 heteroatoms. The summed E-state index contributed by atoms with van der Waals surface area (Å²) in [6.07, 6.45) is 0. The molecule has 5 nitrogen and oxygen atoms in total. The molecule has 0 amide bonds. The van der Waals surface area contributed by atoms with Gasteiger partial charge in [0, 0.05) is 32.8 Å². The predicted octanol–water partition coefficient (Wildman–Crippen LogP) is 3.89. The summed E-state index contributed by atoms with van der Waals surface area (Å²) < 4.78 is 5.81. The van der Waals surface area contributed by atoms with E-state index in [-0.39, 0.29) is 5.90 Å². The summed E-state index contributed by atoms with van der Waals surface area (Å²) in [5, 5.41) is 7.18. The van der Waals surface area contributed by atoms with Gasteiger partial charge in [0.1, 0.15) is 11.5 Å². The first-order valence-corrected chi connectivity index (χ1v) is 6.58. The number of rotatable bonds is 5. The van der Waals surface area contributed by atoms with Gasteiger partial charge in [0.2, 0.25) is 5.90 Å². The van der Waals surface area contributed by atoms with Crippen molar-refractivity contribution in [2.24, 2.45) is 0 Å². The van der Waals surface area contributed by atoms with Crippen molar-refractivity contribution in [2.75, 3.05) is 24.5 Å². The molecule has 2 rings (SSSR count). The van der Waals surface area contributed by atoms with E-state index < -0.39 is 0 Å². The minimum atomic E-state index is 0.107. The van der Waals surface area contributed by atoms with Crippen molar-refractivity contribution in [3.05, 3.63) is 48.5 Å². The van der Waals surface area contributed by atoms with Crippen molar-refractivity contribution in [3.63, 3.8) is 0 Å². The molecule has 0 aliphatic carbocycles. The first kappa shape index (κ1) is 14.7. The van der Waals surface area contributed by atoms with Gasteiger partial charge in [-0.2, -0.15) is 0 Å². The Balaban J connectivity index is 2.03. The van der Waals surface area contributed by atoms with E-state index >= 15 is 0 Å². The normalized spacial score (nSPS) is 9.86. The molecule has 2 aromatic carbocycles. The molecule has 0 aliphatic heterocycles. The van der Waals surface area contributed by atoms with Crippen LogP contribution in [0, 0.1) is 5.41 Å². The Morgan fingerprint density at radius 1 is 1.05 bits per heavy atom. The SMILES string of the molecule is CC(=N)ONc1ccc(Oc2cccc(N(C)C)c2)cc1. The van der Waals surface area contributed by atoms with E-state index in [9.17, 15) is 0 Å². The zero-order valence-electron chi connectivity index (χ0n) is 12.4. The summed E-state index contributed by atoms with van der Waals surface area (Å²) >= 11 is 0. The van der Waals surface area contributed by atoms with E-state index in [1.165, 1.54) is 0 Å². The Morgan fingerprint density at radius 2 is 1.76 bits per heavy atom. The Labute approximate surface area is 124 Å². The lowest BCUT2D eigenvalue weighted by Gasteiger charge is -2.14. The van der Waals surface area contributed by atoms with Crippen LogP contribution in [0.5, 0.6) is 11.5 Å². The van der Waals surface area contributed by atoms with Crippen LogP contribution in [0.25, 0.3) is 0 Å². The highest BCUT2D eigenvalue weighted by Gasteiger charge is 2.01. The van der Waals surface area contributed by atoms with Crippen LogP contribution in [0.15, 0.2) is 48.5 Å². The number of ether oxygens (including phenoxy) is 1. The first-order valence-electron chi connectivity index (χ1n) is 6.58. The van der Waals surface area contributed by atoms with Crippen molar-refractivity contribution >= 4 is 17.3 Å². The van der Waals surface area contributed by atoms with Crippen molar-refractivity contribution < 1.29 is 9.57 Å². The van der Waals surface area contributed by atoms with Crippen LogP contribution in [-0.4, -0.2) is 20.0 Å². The van der Waals surface area contributed by atoms with E-state index in [1.807, 2.05) is 67.5 Å². The lowest BCUT2D eigenvalue weighted by molar-refractivity contribution is 0.386. The summed E-state index contributed by atoms with van der Waals surface area (Å²) in [7, 11) is 3.98. The van der Waals surface area contributed by atoms with E-state index in [4.69, 9.17) is 15.0 Å². The second-order valence-electron chi connectivity index (χ2n) is 4.78. The number of hydrogen-bond donors (Lipinski definition) is 2. The van der Waals surface area contributed by atoms with Crippen LogP contribution in [0.3, 0.4) is 0 Å². The second-order valence-corrected chi connectivity index (χ2v) is 4.78. The average molecular weight is 285 g/mol. The lowest BCUT2D eigenvalue weighted by atomic mass is 10.3. The van der Waals surface area contributed by atoms with Crippen molar-refractivity contribution in [3.8, 4) is 11.5 Å². The maximum absolute atomic E-state index is 7.18. The van der Waals surface area contributed by atoms with Crippen LogP contribution < -0.4 is 15.1 Å². The maximum atomic E-state index is 7.18. The second kappa shape index (κ2) is 6.65. The number of benzene rings is 2. The first-order chi connectivity index (χ1) is 10.0. The minimum Gasteiger partial charge on any atom is -0.457 e. The monoisotopic (exact) mass is 285 g/mol. The molecule has 2 N–H and O–H groups in total. The molecular weight excluding hydrogens is 266 g/mol. The summed E-state index contributed by atoms with van der Waals surface area (Å²) in [4.78, 5) is 6.94. The third-order valence-electron chi connectivity index (χ3n) is 2.75. The molecule has 0 radical (unpaired) electrons. The summed E-state index contributed by atoms with van der Waals surface area (Å²) in [5.74, 6) is 1.63. The standard InChI is InChI=1S/C16H19N3O2/c1-12(17)21-18-13-7-9-15(10-8-13)20-16-6-4-5-14(11-16)19(2)3/h4-11,17-18H,1-3H3. The van der Waals surface area contributed by atoms with Gasteiger partial charge >= 0.3 is 0 Å². The molecule has 0 saturated heterocycles. The van der Waals surface area contributed by atoms with Gasteiger partial charge in [-0.15, -0.1) is 0 Å². The largest absolute Gasteiger partial charge is 0.457 e. The molecule has 110 valence electrons. The molecule has 0 aliphatic rings. The van der Waals surface area contributed by atoms with Crippen LogP contribution in [0.4, 0.5) is 11.4 Å². The van der Waals surface area contributed by atoms with E-state index in [0.717, 1.165) is 22.9 Å². The maximum Gasteiger partial charge on any atom is 0.211 e. The van der Waals surface area contributed by atoms with Crippen LogP contribution in [-0.2, 0) is 4.84 Å². The van der Waals surface area contributed by atoms with Crippen LogP contribution >= 0.6 is 0 Å². The molecule has 0 aromatic heterocycles. The van der Waals surface area contributed by atoms with Gasteiger partial charge < -0.3 is 14.5 Å². The smallest absolute Gasteiger partial charge is 0.211 e. The van der Waals surface area contributed by atoms with Gasteiger partial charge in [0.05, 0.1) is 5.69 Å². The van der Waals surface area contributed by atoms with Crippen molar-refractivity contribution in [1.29, 1.82) is 5.41 Å². The molecule has 2 aromatic rings. The lowest BCUT2D eigenvalue weighted by Crippen LogP contribution is -2.08. The van der Waals surface area contributed by atoms with Crippen LogP contribution in [0.1, 0.15) is 6.92 Å². The fourth-order valence-corrected chi connectivity index (χ4v) is 1.69. The van der Waals surface area contributed by atoms with Gasteiger partial charge in [0.15, 0.2) is 0 Å².